The number of anilines is 1. The van der Waals surface area contributed by atoms with Crippen LogP contribution in [0, 0.1) is 11.8 Å². The highest BCUT2D eigenvalue weighted by Gasteiger charge is 2.05. The lowest BCUT2D eigenvalue weighted by atomic mass is 10.1. The molecule has 1 aromatic carbocycles. The second-order valence-electron chi connectivity index (χ2n) is 4.22. The Morgan fingerprint density at radius 3 is 2.67 bits per heavy atom. The fraction of sp³-hybridized carbons (Fsp3) is 0.214. The molecule has 4 heteroatoms. The standard InChI is InChI=1S/C14H14F2N2/c1-10(8-11-4-2-5-12(15)9-11)17-14-7-3-6-13(16)18-14/h2-7,9-10H,8H2,1H3,(H,17,18). The zero-order valence-corrected chi connectivity index (χ0v) is 10.0. The third kappa shape index (κ3) is 3.52. The van der Waals surface area contributed by atoms with Gasteiger partial charge in [0.05, 0.1) is 0 Å². The normalized spacial score (nSPS) is 12.2. The van der Waals surface area contributed by atoms with Crippen molar-refractivity contribution in [3.8, 4) is 0 Å². The third-order valence-corrected chi connectivity index (χ3v) is 2.54. The maximum atomic E-state index is 13.0. The summed E-state index contributed by atoms with van der Waals surface area (Å²) in [6.07, 6.45) is 0.649. The van der Waals surface area contributed by atoms with Crippen LogP contribution >= 0.6 is 0 Å². The second-order valence-corrected chi connectivity index (χ2v) is 4.22. The van der Waals surface area contributed by atoms with E-state index in [0.717, 1.165) is 5.56 Å². The van der Waals surface area contributed by atoms with E-state index >= 15 is 0 Å². The minimum atomic E-state index is -0.516. The van der Waals surface area contributed by atoms with E-state index < -0.39 is 5.95 Å². The first-order valence-corrected chi connectivity index (χ1v) is 5.77. The van der Waals surface area contributed by atoms with Gasteiger partial charge in [-0.15, -0.1) is 0 Å². The SMILES string of the molecule is CC(Cc1cccc(F)c1)Nc1cccc(F)n1. The molecule has 0 amide bonds. The quantitative estimate of drug-likeness (QED) is 0.839. The number of rotatable bonds is 4. The zero-order chi connectivity index (χ0) is 13.0. The van der Waals surface area contributed by atoms with Crippen molar-refractivity contribution in [2.75, 3.05) is 5.32 Å². The van der Waals surface area contributed by atoms with Crippen molar-refractivity contribution < 1.29 is 8.78 Å². The summed E-state index contributed by atoms with van der Waals surface area (Å²) in [6, 6.07) is 11.1. The molecule has 0 fully saturated rings. The molecule has 94 valence electrons. The molecule has 0 aliphatic carbocycles. The maximum absolute atomic E-state index is 13.0. The summed E-state index contributed by atoms with van der Waals surface area (Å²) in [5.74, 6) is -0.277. The van der Waals surface area contributed by atoms with Crippen LogP contribution in [0.25, 0.3) is 0 Å². The Kier molecular flexibility index (Phi) is 3.87. The summed E-state index contributed by atoms with van der Waals surface area (Å²) < 4.78 is 25.9. The maximum Gasteiger partial charge on any atom is 0.214 e. The fourth-order valence-electron chi connectivity index (χ4n) is 1.81. The number of nitrogens with zero attached hydrogens (tertiary/aromatic N) is 1. The number of hydrogen-bond acceptors (Lipinski definition) is 2. The molecular weight excluding hydrogens is 234 g/mol. The molecule has 1 N–H and O–H groups in total. The molecule has 0 bridgehead atoms. The lowest BCUT2D eigenvalue weighted by Gasteiger charge is -2.14. The molecule has 0 radical (unpaired) electrons. The molecule has 0 saturated carbocycles. The largest absolute Gasteiger partial charge is 0.367 e. The van der Waals surface area contributed by atoms with Gasteiger partial charge in [0.2, 0.25) is 5.95 Å². The number of pyridine rings is 1. The number of halogens is 2. The van der Waals surface area contributed by atoms with E-state index in [0.29, 0.717) is 12.2 Å². The van der Waals surface area contributed by atoms with Crippen molar-refractivity contribution in [1.29, 1.82) is 0 Å². The van der Waals surface area contributed by atoms with E-state index in [9.17, 15) is 8.78 Å². The minimum absolute atomic E-state index is 0.0427. The first-order chi connectivity index (χ1) is 8.63. The third-order valence-electron chi connectivity index (χ3n) is 2.54. The van der Waals surface area contributed by atoms with Crippen LogP contribution in [0.3, 0.4) is 0 Å². The highest BCUT2D eigenvalue weighted by atomic mass is 19.1. The Morgan fingerprint density at radius 1 is 1.17 bits per heavy atom. The van der Waals surface area contributed by atoms with Gasteiger partial charge in [0.15, 0.2) is 0 Å². The van der Waals surface area contributed by atoms with Crippen LogP contribution in [0.4, 0.5) is 14.6 Å². The molecule has 0 aliphatic rings. The lowest BCUT2D eigenvalue weighted by molar-refractivity contribution is 0.584. The summed E-state index contributed by atoms with van der Waals surface area (Å²) >= 11 is 0. The average molecular weight is 248 g/mol. The van der Waals surface area contributed by atoms with Gasteiger partial charge >= 0.3 is 0 Å². The van der Waals surface area contributed by atoms with E-state index in [1.54, 1.807) is 18.2 Å². The zero-order valence-electron chi connectivity index (χ0n) is 10.0. The molecule has 1 aromatic heterocycles. The van der Waals surface area contributed by atoms with Crippen molar-refractivity contribution in [2.45, 2.75) is 19.4 Å². The Morgan fingerprint density at radius 2 is 1.94 bits per heavy atom. The minimum Gasteiger partial charge on any atom is -0.367 e. The first kappa shape index (κ1) is 12.5. The van der Waals surface area contributed by atoms with E-state index in [4.69, 9.17) is 0 Å². The van der Waals surface area contributed by atoms with E-state index in [2.05, 4.69) is 10.3 Å². The van der Waals surface area contributed by atoms with Crippen molar-refractivity contribution in [1.82, 2.24) is 4.98 Å². The Labute approximate surface area is 105 Å². The Hall–Kier alpha value is -1.97. The van der Waals surface area contributed by atoms with Crippen molar-refractivity contribution in [3.05, 3.63) is 59.8 Å². The molecule has 1 heterocycles. The lowest BCUT2D eigenvalue weighted by Crippen LogP contribution is -2.19. The molecule has 0 saturated heterocycles. The monoisotopic (exact) mass is 248 g/mol. The summed E-state index contributed by atoms with van der Waals surface area (Å²) in [6.45, 7) is 1.94. The topological polar surface area (TPSA) is 24.9 Å². The van der Waals surface area contributed by atoms with Crippen LogP contribution in [0.5, 0.6) is 0 Å². The predicted octanol–water partition coefficient (Wildman–Crippen LogP) is 3.40. The number of hydrogen-bond donors (Lipinski definition) is 1. The molecule has 2 aromatic rings. The van der Waals surface area contributed by atoms with Gasteiger partial charge < -0.3 is 5.32 Å². The first-order valence-electron chi connectivity index (χ1n) is 5.77. The summed E-state index contributed by atoms with van der Waals surface area (Å²) in [5, 5.41) is 3.08. The van der Waals surface area contributed by atoms with Gasteiger partial charge in [-0.05, 0) is 43.2 Å². The second kappa shape index (κ2) is 5.58. The van der Waals surface area contributed by atoms with Crippen LogP contribution < -0.4 is 5.32 Å². The van der Waals surface area contributed by atoms with Crippen molar-refractivity contribution >= 4 is 5.82 Å². The molecule has 2 rings (SSSR count). The molecule has 2 nitrogen and oxygen atoms in total. The summed E-state index contributed by atoms with van der Waals surface area (Å²) in [7, 11) is 0. The van der Waals surface area contributed by atoms with E-state index in [1.807, 2.05) is 13.0 Å². The highest BCUT2D eigenvalue weighted by molar-refractivity contribution is 5.35. The van der Waals surface area contributed by atoms with Gasteiger partial charge in [0, 0.05) is 6.04 Å². The Bertz CT molecular complexity index is 481. The summed E-state index contributed by atoms with van der Waals surface area (Å²) in [4.78, 5) is 3.72. The number of benzene rings is 1. The molecule has 1 atom stereocenters. The van der Waals surface area contributed by atoms with Gasteiger partial charge in [0.25, 0.3) is 0 Å². The van der Waals surface area contributed by atoms with Crippen molar-refractivity contribution in [3.63, 3.8) is 0 Å². The van der Waals surface area contributed by atoms with E-state index in [1.165, 1.54) is 18.2 Å². The van der Waals surface area contributed by atoms with Crippen LogP contribution in [0.1, 0.15) is 12.5 Å². The number of nitrogens with one attached hydrogen (secondary N) is 1. The average Bonchev–Trinajstić information content (AvgIpc) is 2.28. The summed E-state index contributed by atoms with van der Waals surface area (Å²) in [5.41, 5.74) is 0.895. The van der Waals surface area contributed by atoms with Gasteiger partial charge in [-0.2, -0.15) is 4.39 Å². The van der Waals surface area contributed by atoms with Gasteiger partial charge in [-0.25, -0.2) is 9.37 Å². The van der Waals surface area contributed by atoms with Gasteiger partial charge in [0.1, 0.15) is 11.6 Å². The predicted molar refractivity (Wildman–Crippen MR) is 67.4 cm³/mol. The fourth-order valence-corrected chi connectivity index (χ4v) is 1.81. The highest BCUT2D eigenvalue weighted by Crippen LogP contribution is 2.10. The van der Waals surface area contributed by atoms with Crippen LogP contribution in [0.2, 0.25) is 0 Å². The molecule has 1 unspecified atom stereocenters. The van der Waals surface area contributed by atoms with Gasteiger partial charge in [-0.3, -0.25) is 0 Å². The van der Waals surface area contributed by atoms with Crippen LogP contribution in [-0.4, -0.2) is 11.0 Å². The van der Waals surface area contributed by atoms with Gasteiger partial charge in [-0.1, -0.05) is 18.2 Å². The molecular formula is C14H14F2N2. The molecule has 0 aliphatic heterocycles. The number of aromatic nitrogens is 1. The van der Waals surface area contributed by atoms with E-state index in [-0.39, 0.29) is 11.9 Å². The van der Waals surface area contributed by atoms with Crippen LogP contribution in [0.15, 0.2) is 42.5 Å². The molecule has 0 spiro atoms. The molecule has 18 heavy (non-hydrogen) atoms. The Balaban J connectivity index is 1.98. The smallest absolute Gasteiger partial charge is 0.214 e. The van der Waals surface area contributed by atoms with Crippen molar-refractivity contribution in [2.24, 2.45) is 0 Å². The van der Waals surface area contributed by atoms with Crippen LogP contribution in [-0.2, 0) is 6.42 Å².